The van der Waals surface area contributed by atoms with Crippen LogP contribution in [0.1, 0.15) is 48.2 Å². The fourth-order valence-electron chi connectivity index (χ4n) is 3.60. The van der Waals surface area contributed by atoms with Crippen molar-refractivity contribution in [3.05, 3.63) is 16.3 Å². The summed E-state index contributed by atoms with van der Waals surface area (Å²) in [6.45, 7) is 0.859. The quantitative estimate of drug-likeness (QED) is 0.847. The van der Waals surface area contributed by atoms with Crippen LogP contribution in [-0.4, -0.2) is 42.4 Å². The summed E-state index contributed by atoms with van der Waals surface area (Å²) < 4.78 is 4.73. The van der Waals surface area contributed by atoms with Crippen LogP contribution < -0.4 is 5.32 Å². The van der Waals surface area contributed by atoms with E-state index in [1.807, 2.05) is 4.90 Å². The molecule has 2 heterocycles. The van der Waals surface area contributed by atoms with Gasteiger partial charge in [0.05, 0.1) is 12.8 Å². The first-order valence-corrected chi connectivity index (χ1v) is 9.24. The SMILES string of the molecule is COC(=O)c1sccc1NC(=O)C1CCC(N2CCCC2=O)CC1. The van der Waals surface area contributed by atoms with Crippen LogP contribution in [0, 0.1) is 5.92 Å². The van der Waals surface area contributed by atoms with Gasteiger partial charge >= 0.3 is 5.97 Å². The fourth-order valence-corrected chi connectivity index (χ4v) is 4.36. The van der Waals surface area contributed by atoms with Crippen molar-refractivity contribution in [1.29, 1.82) is 0 Å². The van der Waals surface area contributed by atoms with Crippen LogP contribution in [0.3, 0.4) is 0 Å². The molecule has 1 saturated heterocycles. The van der Waals surface area contributed by atoms with E-state index in [1.165, 1.54) is 18.4 Å². The van der Waals surface area contributed by atoms with Gasteiger partial charge in [0.25, 0.3) is 0 Å². The fraction of sp³-hybridized carbons (Fsp3) is 0.588. The highest BCUT2D eigenvalue weighted by molar-refractivity contribution is 7.12. The Morgan fingerprint density at radius 1 is 1.29 bits per heavy atom. The normalized spacial score (nSPS) is 24.0. The average molecular weight is 350 g/mol. The standard InChI is InChI=1S/C17H22N2O4S/c1-23-17(22)15-13(8-10-24-15)18-16(21)11-4-6-12(7-5-11)19-9-2-3-14(19)20/h8,10-12H,2-7,9H2,1H3,(H,18,21). The molecule has 130 valence electrons. The Balaban J connectivity index is 1.55. The number of amides is 2. The second kappa shape index (κ2) is 7.34. The molecule has 1 aliphatic carbocycles. The number of ether oxygens (including phenoxy) is 1. The minimum atomic E-state index is -0.434. The van der Waals surface area contributed by atoms with Gasteiger partial charge in [0.15, 0.2) is 0 Å². The van der Waals surface area contributed by atoms with E-state index in [4.69, 9.17) is 4.74 Å². The molecular formula is C17H22N2O4S. The van der Waals surface area contributed by atoms with Gasteiger partial charge in [-0.25, -0.2) is 4.79 Å². The minimum Gasteiger partial charge on any atom is -0.465 e. The number of thiophene rings is 1. The summed E-state index contributed by atoms with van der Waals surface area (Å²) in [5, 5.41) is 4.62. The Morgan fingerprint density at radius 3 is 2.67 bits per heavy atom. The lowest BCUT2D eigenvalue weighted by atomic mass is 9.84. The topological polar surface area (TPSA) is 75.7 Å². The van der Waals surface area contributed by atoms with Gasteiger partial charge in [0.2, 0.25) is 11.8 Å². The third kappa shape index (κ3) is 3.45. The molecule has 1 saturated carbocycles. The molecule has 2 amide bonds. The number of hydrogen-bond donors (Lipinski definition) is 1. The second-order valence-electron chi connectivity index (χ2n) is 6.34. The third-order valence-electron chi connectivity index (χ3n) is 4.91. The van der Waals surface area contributed by atoms with Crippen molar-refractivity contribution in [2.45, 2.75) is 44.6 Å². The predicted octanol–water partition coefficient (Wildman–Crippen LogP) is 2.65. The maximum Gasteiger partial charge on any atom is 0.350 e. The van der Waals surface area contributed by atoms with E-state index in [0.717, 1.165) is 38.6 Å². The molecule has 1 aromatic rings. The van der Waals surface area contributed by atoms with Crippen LogP contribution in [-0.2, 0) is 14.3 Å². The third-order valence-corrected chi connectivity index (χ3v) is 5.81. The van der Waals surface area contributed by atoms with Crippen molar-refractivity contribution < 1.29 is 19.1 Å². The molecule has 24 heavy (non-hydrogen) atoms. The number of carbonyl (C=O) groups excluding carboxylic acids is 3. The number of methoxy groups -OCH3 is 1. The average Bonchev–Trinajstić information content (AvgIpc) is 3.23. The monoisotopic (exact) mass is 350 g/mol. The van der Waals surface area contributed by atoms with Gasteiger partial charge in [-0.15, -0.1) is 11.3 Å². The van der Waals surface area contributed by atoms with Gasteiger partial charge in [0.1, 0.15) is 4.88 Å². The second-order valence-corrected chi connectivity index (χ2v) is 7.26. The molecule has 1 aliphatic heterocycles. The molecule has 0 radical (unpaired) electrons. The number of likely N-dealkylation sites (tertiary alicyclic amines) is 1. The highest BCUT2D eigenvalue weighted by Crippen LogP contribution is 2.31. The van der Waals surface area contributed by atoms with Gasteiger partial charge in [-0.1, -0.05) is 0 Å². The van der Waals surface area contributed by atoms with Crippen molar-refractivity contribution in [3.63, 3.8) is 0 Å². The van der Waals surface area contributed by atoms with Gasteiger partial charge < -0.3 is 15.0 Å². The molecule has 1 aromatic heterocycles. The van der Waals surface area contributed by atoms with E-state index >= 15 is 0 Å². The Kier molecular flexibility index (Phi) is 5.18. The van der Waals surface area contributed by atoms with E-state index in [2.05, 4.69) is 5.32 Å². The smallest absolute Gasteiger partial charge is 0.350 e. The van der Waals surface area contributed by atoms with Crippen LogP contribution in [0.2, 0.25) is 0 Å². The highest BCUT2D eigenvalue weighted by Gasteiger charge is 2.33. The molecule has 2 aliphatic rings. The molecular weight excluding hydrogens is 328 g/mol. The van der Waals surface area contributed by atoms with E-state index < -0.39 is 5.97 Å². The molecule has 3 rings (SSSR count). The Labute approximate surface area is 145 Å². The first-order valence-electron chi connectivity index (χ1n) is 8.36. The van der Waals surface area contributed by atoms with Crippen LogP contribution in [0.5, 0.6) is 0 Å². The van der Waals surface area contributed by atoms with E-state index in [0.29, 0.717) is 17.0 Å². The van der Waals surface area contributed by atoms with Crippen molar-refractivity contribution in [1.82, 2.24) is 4.90 Å². The zero-order valence-electron chi connectivity index (χ0n) is 13.7. The summed E-state index contributed by atoms with van der Waals surface area (Å²) in [6.07, 6.45) is 4.91. The summed E-state index contributed by atoms with van der Waals surface area (Å²) in [5.41, 5.74) is 0.522. The number of esters is 1. The molecule has 0 atom stereocenters. The first kappa shape index (κ1) is 17.0. The Hall–Kier alpha value is -1.89. The molecule has 1 N–H and O–H groups in total. The summed E-state index contributed by atoms with van der Waals surface area (Å²) >= 11 is 1.25. The molecule has 7 heteroatoms. The number of nitrogens with zero attached hydrogens (tertiary/aromatic N) is 1. The van der Waals surface area contributed by atoms with Gasteiger partial charge in [-0.2, -0.15) is 0 Å². The molecule has 0 unspecified atom stereocenters. The lowest BCUT2D eigenvalue weighted by Gasteiger charge is -2.34. The van der Waals surface area contributed by atoms with E-state index in [-0.39, 0.29) is 23.8 Å². The Morgan fingerprint density at radius 2 is 2.04 bits per heavy atom. The van der Waals surface area contributed by atoms with Crippen molar-refractivity contribution >= 4 is 34.8 Å². The summed E-state index contributed by atoms with van der Waals surface area (Å²) in [6, 6.07) is 2.01. The lowest BCUT2D eigenvalue weighted by Crippen LogP contribution is -2.40. The van der Waals surface area contributed by atoms with Gasteiger partial charge in [-0.05, 0) is 43.6 Å². The maximum absolute atomic E-state index is 12.5. The van der Waals surface area contributed by atoms with Crippen LogP contribution >= 0.6 is 11.3 Å². The number of carbonyl (C=O) groups is 3. The number of anilines is 1. The van der Waals surface area contributed by atoms with Crippen molar-refractivity contribution in [2.75, 3.05) is 19.0 Å². The predicted molar refractivity (Wildman–Crippen MR) is 91.0 cm³/mol. The van der Waals surface area contributed by atoms with E-state index in [1.54, 1.807) is 11.4 Å². The lowest BCUT2D eigenvalue weighted by molar-refractivity contribution is -0.130. The molecule has 2 fully saturated rings. The van der Waals surface area contributed by atoms with Crippen molar-refractivity contribution in [3.8, 4) is 0 Å². The van der Waals surface area contributed by atoms with Crippen LogP contribution in [0.15, 0.2) is 11.4 Å². The molecule has 6 nitrogen and oxygen atoms in total. The summed E-state index contributed by atoms with van der Waals surface area (Å²) in [7, 11) is 1.33. The Bertz CT molecular complexity index is 634. The number of hydrogen-bond acceptors (Lipinski definition) is 5. The van der Waals surface area contributed by atoms with E-state index in [9.17, 15) is 14.4 Å². The van der Waals surface area contributed by atoms with Crippen LogP contribution in [0.25, 0.3) is 0 Å². The summed E-state index contributed by atoms with van der Waals surface area (Å²) in [4.78, 5) is 38.4. The number of nitrogens with one attached hydrogen (secondary N) is 1. The maximum atomic E-state index is 12.5. The molecule has 0 aromatic carbocycles. The zero-order chi connectivity index (χ0) is 17.1. The summed E-state index contributed by atoms with van der Waals surface area (Å²) in [5.74, 6) is -0.297. The minimum absolute atomic E-state index is 0.0512. The molecule has 0 spiro atoms. The van der Waals surface area contributed by atoms with Gasteiger partial charge in [0, 0.05) is 24.9 Å². The van der Waals surface area contributed by atoms with Crippen LogP contribution in [0.4, 0.5) is 5.69 Å². The van der Waals surface area contributed by atoms with Crippen molar-refractivity contribution in [2.24, 2.45) is 5.92 Å². The first-order chi connectivity index (χ1) is 11.6. The molecule has 0 bridgehead atoms. The largest absolute Gasteiger partial charge is 0.465 e. The zero-order valence-corrected chi connectivity index (χ0v) is 14.6. The van der Waals surface area contributed by atoms with Gasteiger partial charge in [-0.3, -0.25) is 9.59 Å². The highest BCUT2D eigenvalue weighted by atomic mass is 32.1. The number of rotatable bonds is 4.